The first kappa shape index (κ1) is 22.7. The van der Waals surface area contributed by atoms with Crippen molar-refractivity contribution in [2.75, 3.05) is 46.3 Å². The second-order valence-corrected chi connectivity index (χ2v) is 9.91. The molecule has 0 radical (unpaired) electrons. The monoisotopic (exact) mass is 440 g/mol. The second-order valence-electron chi connectivity index (χ2n) is 9.47. The molecule has 2 aromatic rings. The number of likely N-dealkylation sites (tertiary alicyclic amines) is 2. The van der Waals surface area contributed by atoms with Gasteiger partial charge in [-0.05, 0) is 101 Å². The number of pyridine rings is 1. The fraction of sp³-hybridized carbons (Fsp3) is 0.577. The number of aromatic nitrogens is 1. The molecule has 168 valence electrons. The Kier molecular flexibility index (Phi) is 8.37. The summed E-state index contributed by atoms with van der Waals surface area (Å²) in [5, 5.41) is 0.827. The predicted octanol–water partition coefficient (Wildman–Crippen LogP) is 4.59. The molecule has 31 heavy (non-hydrogen) atoms. The Balaban J connectivity index is 1.12. The average molecular weight is 441 g/mol. The SMILES string of the molecule is CN(CC1CCN(CCc2ccc(Cl)cc2)CC1)C1CCN(Cc2cccnc2)CC1. The Labute approximate surface area is 193 Å². The van der Waals surface area contributed by atoms with Crippen LogP contribution in [0.2, 0.25) is 5.02 Å². The molecule has 2 saturated heterocycles. The molecular formula is C26H37ClN4. The smallest absolute Gasteiger partial charge is 0.0406 e. The van der Waals surface area contributed by atoms with E-state index in [1.165, 1.54) is 76.1 Å². The maximum absolute atomic E-state index is 6.00. The van der Waals surface area contributed by atoms with Gasteiger partial charge in [-0.3, -0.25) is 9.88 Å². The van der Waals surface area contributed by atoms with E-state index in [-0.39, 0.29) is 0 Å². The van der Waals surface area contributed by atoms with Crippen molar-refractivity contribution in [2.45, 2.75) is 44.7 Å². The van der Waals surface area contributed by atoms with E-state index < -0.39 is 0 Å². The minimum atomic E-state index is 0.744. The summed E-state index contributed by atoms with van der Waals surface area (Å²) in [6.07, 6.45) is 10.2. The summed E-state index contributed by atoms with van der Waals surface area (Å²) in [4.78, 5) is 12.1. The summed E-state index contributed by atoms with van der Waals surface area (Å²) in [5.41, 5.74) is 2.72. The van der Waals surface area contributed by atoms with Gasteiger partial charge in [0.25, 0.3) is 0 Å². The molecule has 5 heteroatoms. The first-order chi connectivity index (χ1) is 15.2. The lowest BCUT2D eigenvalue weighted by Gasteiger charge is -2.39. The number of rotatable bonds is 8. The van der Waals surface area contributed by atoms with E-state index in [1.54, 1.807) is 0 Å². The van der Waals surface area contributed by atoms with Crippen LogP contribution in [0.4, 0.5) is 0 Å². The van der Waals surface area contributed by atoms with E-state index in [1.807, 2.05) is 30.6 Å². The van der Waals surface area contributed by atoms with Gasteiger partial charge in [-0.2, -0.15) is 0 Å². The van der Waals surface area contributed by atoms with Gasteiger partial charge in [-0.1, -0.05) is 29.8 Å². The summed E-state index contributed by atoms with van der Waals surface area (Å²) in [7, 11) is 2.36. The van der Waals surface area contributed by atoms with Crippen molar-refractivity contribution in [3.8, 4) is 0 Å². The van der Waals surface area contributed by atoms with Gasteiger partial charge in [-0.15, -0.1) is 0 Å². The fourth-order valence-electron chi connectivity index (χ4n) is 5.16. The Hall–Kier alpha value is -1.46. The van der Waals surface area contributed by atoms with Crippen LogP contribution < -0.4 is 0 Å². The summed E-state index contributed by atoms with van der Waals surface area (Å²) < 4.78 is 0. The van der Waals surface area contributed by atoms with Crippen molar-refractivity contribution in [1.29, 1.82) is 0 Å². The lowest BCUT2D eigenvalue weighted by molar-refractivity contribution is 0.0929. The van der Waals surface area contributed by atoms with Gasteiger partial charge in [0.1, 0.15) is 0 Å². The quantitative estimate of drug-likeness (QED) is 0.598. The standard InChI is InChI=1S/C26H37ClN4/c1-29(26-11-17-31(18-12-26)21-24-3-2-13-28-19-24)20-23-9-15-30(16-10-23)14-8-22-4-6-25(27)7-5-22/h2-7,13,19,23,26H,8-12,14-18,20-21H2,1H3. The van der Waals surface area contributed by atoms with Crippen molar-refractivity contribution in [1.82, 2.24) is 19.7 Å². The zero-order valence-electron chi connectivity index (χ0n) is 18.9. The van der Waals surface area contributed by atoms with E-state index in [0.717, 1.165) is 29.9 Å². The van der Waals surface area contributed by atoms with Crippen LogP contribution in [-0.4, -0.2) is 72.0 Å². The number of hydrogen-bond donors (Lipinski definition) is 0. The summed E-state index contributed by atoms with van der Waals surface area (Å²) in [5.74, 6) is 0.852. The van der Waals surface area contributed by atoms with Gasteiger partial charge in [-0.25, -0.2) is 0 Å². The minimum absolute atomic E-state index is 0.744. The lowest BCUT2D eigenvalue weighted by atomic mass is 9.94. The highest BCUT2D eigenvalue weighted by atomic mass is 35.5. The summed E-state index contributed by atoms with van der Waals surface area (Å²) >= 11 is 6.00. The van der Waals surface area contributed by atoms with Gasteiger partial charge >= 0.3 is 0 Å². The molecule has 2 fully saturated rings. The molecule has 1 aromatic heterocycles. The zero-order chi connectivity index (χ0) is 21.5. The molecule has 0 saturated carbocycles. The van der Waals surface area contributed by atoms with Gasteiger partial charge in [0.15, 0.2) is 0 Å². The molecule has 0 amide bonds. The highest BCUT2D eigenvalue weighted by Crippen LogP contribution is 2.23. The van der Waals surface area contributed by atoms with Crippen molar-refractivity contribution >= 4 is 11.6 Å². The molecule has 3 heterocycles. The minimum Gasteiger partial charge on any atom is -0.303 e. The van der Waals surface area contributed by atoms with Crippen LogP contribution in [0.5, 0.6) is 0 Å². The first-order valence-corrected chi connectivity index (χ1v) is 12.3. The van der Waals surface area contributed by atoms with Gasteiger partial charge in [0, 0.05) is 43.1 Å². The Morgan fingerprint density at radius 1 is 0.935 bits per heavy atom. The second kappa shape index (κ2) is 11.4. The fourth-order valence-corrected chi connectivity index (χ4v) is 5.28. The van der Waals surface area contributed by atoms with Crippen LogP contribution in [0.25, 0.3) is 0 Å². The third-order valence-electron chi connectivity index (χ3n) is 7.19. The number of halogens is 1. The predicted molar refractivity (Wildman–Crippen MR) is 129 cm³/mol. The van der Waals surface area contributed by atoms with E-state index >= 15 is 0 Å². The zero-order valence-corrected chi connectivity index (χ0v) is 19.7. The summed E-state index contributed by atoms with van der Waals surface area (Å²) in [6.45, 7) is 8.36. The summed E-state index contributed by atoms with van der Waals surface area (Å²) in [6, 6.07) is 13.3. The van der Waals surface area contributed by atoms with Crippen LogP contribution in [0.3, 0.4) is 0 Å². The third kappa shape index (κ3) is 7.01. The molecule has 0 bridgehead atoms. The van der Waals surface area contributed by atoms with Gasteiger partial charge < -0.3 is 9.80 Å². The van der Waals surface area contributed by atoms with Crippen LogP contribution in [0.1, 0.15) is 36.8 Å². The first-order valence-electron chi connectivity index (χ1n) is 11.9. The third-order valence-corrected chi connectivity index (χ3v) is 7.44. The van der Waals surface area contributed by atoms with Gasteiger partial charge in [0.2, 0.25) is 0 Å². The van der Waals surface area contributed by atoms with Crippen LogP contribution in [0.15, 0.2) is 48.8 Å². The Morgan fingerprint density at radius 3 is 2.32 bits per heavy atom. The number of piperidine rings is 2. The maximum atomic E-state index is 6.00. The average Bonchev–Trinajstić information content (AvgIpc) is 2.81. The number of hydrogen-bond acceptors (Lipinski definition) is 4. The van der Waals surface area contributed by atoms with Crippen LogP contribution in [-0.2, 0) is 13.0 Å². The number of nitrogens with zero attached hydrogens (tertiary/aromatic N) is 4. The molecular weight excluding hydrogens is 404 g/mol. The number of benzene rings is 1. The van der Waals surface area contributed by atoms with Crippen molar-refractivity contribution < 1.29 is 0 Å². The van der Waals surface area contributed by atoms with Crippen molar-refractivity contribution in [3.63, 3.8) is 0 Å². The molecule has 0 aliphatic carbocycles. The topological polar surface area (TPSA) is 22.6 Å². The molecule has 4 rings (SSSR count). The van der Waals surface area contributed by atoms with E-state index in [0.29, 0.717) is 0 Å². The highest BCUT2D eigenvalue weighted by molar-refractivity contribution is 6.30. The van der Waals surface area contributed by atoms with Crippen LogP contribution >= 0.6 is 11.6 Å². The molecule has 0 N–H and O–H groups in total. The van der Waals surface area contributed by atoms with E-state index in [2.05, 4.69) is 44.9 Å². The Morgan fingerprint density at radius 2 is 1.65 bits per heavy atom. The molecule has 4 nitrogen and oxygen atoms in total. The molecule has 2 aliphatic rings. The maximum Gasteiger partial charge on any atom is 0.0406 e. The van der Waals surface area contributed by atoms with E-state index in [9.17, 15) is 0 Å². The molecule has 2 aliphatic heterocycles. The lowest BCUT2D eigenvalue weighted by Crippen LogP contribution is -2.46. The molecule has 0 spiro atoms. The van der Waals surface area contributed by atoms with Crippen molar-refractivity contribution in [3.05, 3.63) is 64.9 Å². The normalized spacial score (nSPS) is 19.8. The van der Waals surface area contributed by atoms with E-state index in [4.69, 9.17) is 11.6 Å². The largest absolute Gasteiger partial charge is 0.303 e. The Bertz CT molecular complexity index is 766. The van der Waals surface area contributed by atoms with Gasteiger partial charge in [0.05, 0.1) is 0 Å². The molecule has 1 aromatic carbocycles. The van der Waals surface area contributed by atoms with Crippen molar-refractivity contribution in [2.24, 2.45) is 5.92 Å². The molecule has 0 atom stereocenters. The van der Waals surface area contributed by atoms with Crippen LogP contribution in [0, 0.1) is 5.92 Å². The highest BCUT2D eigenvalue weighted by Gasteiger charge is 2.26. The molecule has 0 unspecified atom stereocenters.